The Hall–Kier alpha value is -0.840. The van der Waals surface area contributed by atoms with Crippen LogP contribution in [0.15, 0.2) is 10.6 Å². The van der Waals surface area contributed by atoms with E-state index >= 15 is 0 Å². The first-order valence-corrected chi connectivity index (χ1v) is 5.60. The van der Waals surface area contributed by atoms with Gasteiger partial charge in [0, 0.05) is 0 Å². The van der Waals surface area contributed by atoms with Crippen LogP contribution in [0.1, 0.15) is 26.2 Å². The molecule has 0 radical (unpaired) electrons. The van der Waals surface area contributed by atoms with Crippen molar-refractivity contribution < 1.29 is 19.4 Å². The molecule has 0 aromatic carbocycles. The fourth-order valence-electron chi connectivity index (χ4n) is 1.12. The molecule has 0 heterocycles. The van der Waals surface area contributed by atoms with E-state index < -0.39 is 17.4 Å². The van der Waals surface area contributed by atoms with Crippen LogP contribution in [0.5, 0.6) is 0 Å². The second kappa shape index (κ2) is 4.79. The SMILES string of the molecule is CCCOC(=O)/C(Br)=C/C1(C(=O)O)CC1. The van der Waals surface area contributed by atoms with E-state index in [1.807, 2.05) is 6.92 Å². The Labute approximate surface area is 96.4 Å². The first kappa shape index (κ1) is 12.2. The molecule has 5 heteroatoms. The molecule has 0 saturated heterocycles. The largest absolute Gasteiger partial charge is 0.481 e. The van der Waals surface area contributed by atoms with Crippen molar-refractivity contribution in [2.75, 3.05) is 6.61 Å². The molecule has 1 N–H and O–H groups in total. The number of carbonyl (C=O) groups excluding carboxylic acids is 1. The van der Waals surface area contributed by atoms with Crippen molar-refractivity contribution >= 4 is 27.9 Å². The molecular formula is C10H13BrO4. The number of carboxylic acids is 1. The number of aliphatic carboxylic acids is 1. The van der Waals surface area contributed by atoms with Crippen molar-refractivity contribution in [3.63, 3.8) is 0 Å². The molecule has 1 fully saturated rings. The molecule has 0 unspecified atom stereocenters. The summed E-state index contributed by atoms with van der Waals surface area (Å²) in [6, 6.07) is 0. The molecule has 1 saturated carbocycles. The zero-order valence-electron chi connectivity index (χ0n) is 8.46. The second-order valence-corrected chi connectivity index (χ2v) is 4.44. The van der Waals surface area contributed by atoms with E-state index in [1.54, 1.807) is 0 Å². The number of hydrogen-bond acceptors (Lipinski definition) is 3. The smallest absolute Gasteiger partial charge is 0.344 e. The van der Waals surface area contributed by atoms with Crippen molar-refractivity contribution in [3.8, 4) is 0 Å². The van der Waals surface area contributed by atoms with Crippen molar-refractivity contribution in [2.45, 2.75) is 26.2 Å². The molecule has 0 spiro atoms. The molecule has 1 rings (SSSR count). The summed E-state index contributed by atoms with van der Waals surface area (Å²) >= 11 is 3.04. The molecule has 4 nitrogen and oxygen atoms in total. The van der Waals surface area contributed by atoms with Crippen molar-refractivity contribution in [3.05, 3.63) is 10.6 Å². The van der Waals surface area contributed by atoms with Gasteiger partial charge in [-0.2, -0.15) is 0 Å². The van der Waals surface area contributed by atoms with Gasteiger partial charge < -0.3 is 9.84 Å². The second-order valence-electron chi connectivity index (χ2n) is 3.59. The third-order valence-electron chi connectivity index (χ3n) is 2.25. The van der Waals surface area contributed by atoms with Gasteiger partial charge in [0.1, 0.15) is 0 Å². The zero-order valence-corrected chi connectivity index (χ0v) is 10.0. The summed E-state index contributed by atoms with van der Waals surface area (Å²) in [5.41, 5.74) is -0.843. The zero-order chi connectivity index (χ0) is 11.5. The van der Waals surface area contributed by atoms with Gasteiger partial charge >= 0.3 is 11.9 Å². The molecule has 0 aliphatic heterocycles. The average Bonchev–Trinajstić information content (AvgIpc) is 2.95. The van der Waals surface area contributed by atoms with Gasteiger partial charge in [0.05, 0.1) is 16.5 Å². The molecule has 0 amide bonds. The van der Waals surface area contributed by atoms with Crippen molar-refractivity contribution in [1.82, 2.24) is 0 Å². The summed E-state index contributed by atoms with van der Waals surface area (Å²) in [6.07, 6.45) is 3.35. The number of carboxylic acid groups (broad SMARTS) is 1. The lowest BCUT2D eigenvalue weighted by molar-refractivity contribution is -0.141. The fourth-order valence-corrected chi connectivity index (χ4v) is 1.67. The molecule has 1 aliphatic carbocycles. The predicted molar refractivity (Wildman–Crippen MR) is 57.6 cm³/mol. The van der Waals surface area contributed by atoms with Gasteiger partial charge in [0.2, 0.25) is 0 Å². The number of ether oxygens (including phenoxy) is 1. The highest BCUT2D eigenvalue weighted by atomic mass is 79.9. The van der Waals surface area contributed by atoms with Crippen LogP contribution in [0.2, 0.25) is 0 Å². The minimum absolute atomic E-state index is 0.204. The summed E-state index contributed by atoms with van der Waals surface area (Å²) in [7, 11) is 0. The minimum Gasteiger partial charge on any atom is -0.481 e. The normalized spacial score (nSPS) is 18.4. The van der Waals surface area contributed by atoms with E-state index in [0.29, 0.717) is 19.4 Å². The monoisotopic (exact) mass is 276 g/mol. The van der Waals surface area contributed by atoms with Crippen LogP contribution in [0.4, 0.5) is 0 Å². The third-order valence-corrected chi connectivity index (χ3v) is 2.80. The Bertz CT molecular complexity index is 305. The van der Waals surface area contributed by atoms with Crippen LogP contribution < -0.4 is 0 Å². The van der Waals surface area contributed by atoms with Gasteiger partial charge in [0.25, 0.3) is 0 Å². The van der Waals surface area contributed by atoms with Crippen LogP contribution in [0.25, 0.3) is 0 Å². The van der Waals surface area contributed by atoms with E-state index in [9.17, 15) is 9.59 Å². The lowest BCUT2D eigenvalue weighted by atomic mass is 10.1. The molecule has 0 atom stereocenters. The summed E-state index contributed by atoms with van der Waals surface area (Å²) < 4.78 is 5.06. The van der Waals surface area contributed by atoms with Gasteiger partial charge in [-0.05, 0) is 41.3 Å². The maximum atomic E-state index is 11.3. The van der Waals surface area contributed by atoms with Gasteiger partial charge in [-0.15, -0.1) is 0 Å². The number of esters is 1. The molecule has 15 heavy (non-hydrogen) atoms. The van der Waals surface area contributed by atoms with E-state index in [1.165, 1.54) is 6.08 Å². The minimum atomic E-state index is -0.886. The van der Waals surface area contributed by atoms with Crippen LogP contribution in [-0.2, 0) is 14.3 Å². The first-order valence-electron chi connectivity index (χ1n) is 4.81. The van der Waals surface area contributed by atoms with Gasteiger partial charge in [-0.25, -0.2) is 4.79 Å². The first-order chi connectivity index (χ1) is 7.02. The highest BCUT2D eigenvalue weighted by molar-refractivity contribution is 9.12. The molecular weight excluding hydrogens is 264 g/mol. The fraction of sp³-hybridized carbons (Fsp3) is 0.600. The van der Waals surface area contributed by atoms with Gasteiger partial charge in [-0.1, -0.05) is 6.92 Å². The van der Waals surface area contributed by atoms with Crippen LogP contribution in [-0.4, -0.2) is 23.7 Å². The Kier molecular flexibility index (Phi) is 3.90. The Morgan fingerprint density at radius 3 is 2.53 bits per heavy atom. The summed E-state index contributed by atoms with van der Waals surface area (Å²) in [5, 5.41) is 8.89. The molecule has 0 aromatic heterocycles. The quantitative estimate of drug-likeness (QED) is 0.617. The molecule has 0 bridgehead atoms. The van der Waals surface area contributed by atoms with E-state index in [-0.39, 0.29) is 4.48 Å². The lowest BCUT2D eigenvalue weighted by Crippen LogP contribution is -2.14. The van der Waals surface area contributed by atoms with E-state index in [4.69, 9.17) is 9.84 Å². The molecule has 84 valence electrons. The molecule has 1 aliphatic rings. The summed E-state index contributed by atoms with van der Waals surface area (Å²) in [4.78, 5) is 22.1. The maximum Gasteiger partial charge on any atom is 0.344 e. The number of rotatable bonds is 5. The summed E-state index contributed by atoms with van der Waals surface area (Å²) in [6.45, 7) is 2.24. The maximum absolute atomic E-state index is 11.3. The van der Waals surface area contributed by atoms with Gasteiger partial charge in [-0.3, -0.25) is 4.79 Å². The molecule has 0 aromatic rings. The predicted octanol–water partition coefficient (Wildman–Crippen LogP) is 2.08. The third kappa shape index (κ3) is 3.06. The highest BCUT2D eigenvalue weighted by Gasteiger charge is 2.49. The van der Waals surface area contributed by atoms with Gasteiger partial charge in [0.15, 0.2) is 0 Å². The topological polar surface area (TPSA) is 63.6 Å². The standard InChI is InChI=1S/C10H13BrO4/c1-2-5-15-8(12)7(11)6-10(3-4-10)9(13)14/h6H,2-5H2,1H3,(H,13,14)/b7-6-. The number of carbonyl (C=O) groups is 2. The lowest BCUT2D eigenvalue weighted by Gasteiger charge is -2.05. The number of hydrogen-bond donors (Lipinski definition) is 1. The Morgan fingerprint density at radius 1 is 1.53 bits per heavy atom. The highest BCUT2D eigenvalue weighted by Crippen LogP contribution is 2.48. The average molecular weight is 277 g/mol. The van der Waals surface area contributed by atoms with Crippen molar-refractivity contribution in [2.24, 2.45) is 5.41 Å². The van der Waals surface area contributed by atoms with E-state index in [2.05, 4.69) is 15.9 Å². The summed E-state index contributed by atoms with van der Waals surface area (Å²) in [5.74, 6) is -1.38. The van der Waals surface area contributed by atoms with Crippen LogP contribution >= 0.6 is 15.9 Å². The Balaban J connectivity index is 2.59. The van der Waals surface area contributed by atoms with Crippen molar-refractivity contribution in [1.29, 1.82) is 0 Å². The number of halogens is 1. The van der Waals surface area contributed by atoms with Crippen LogP contribution in [0.3, 0.4) is 0 Å². The van der Waals surface area contributed by atoms with E-state index in [0.717, 1.165) is 6.42 Å². The Morgan fingerprint density at radius 2 is 2.13 bits per heavy atom. The van der Waals surface area contributed by atoms with Crippen LogP contribution in [0, 0.1) is 5.41 Å².